The zero-order chi connectivity index (χ0) is 19.5. The van der Waals surface area contributed by atoms with Crippen molar-refractivity contribution in [3.05, 3.63) is 0 Å². The molecule has 0 aromatic heterocycles. The number of rotatable bonds is 11. The number of carbonyl (C=O) groups is 4. The summed E-state index contributed by atoms with van der Waals surface area (Å²) in [5.41, 5.74) is 0. The molecule has 0 N–H and O–H groups in total. The second-order valence-corrected chi connectivity index (χ2v) is 4.95. The molecule has 0 fully saturated rings. The van der Waals surface area contributed by atoms with Gasteiger partial charge in [0.05, 0.1) is 27.9 Å². The Kier molecular flexibility index (Phi) is 18.3. The van der Waals surface area contributed by atoms with E-state index >= 15 is 0 Å². The predicted molar refractivity (Wildman–Crippen MR) is 89.6 cm³/mol. The summed E-state index contributed by atoms with van der Waals surface area (Å²) in [6, 6.07) is 0. The van der Waals surface area contributed by atoms with Crippen molar-refractivity contribution in [2.75, 3.05) is 27.9 Å². The number of unbranched alkanes of at least 4 members (excludes halogenated alkanes) is 2. The first-order chi connectivity index (χ1) is 11.9. The molecule has 0 saturated heterocycles. The molecule has 0 heterocycles. The molecule has 0 radical (unpaired) electrons. The van der Waals surface area contributed by atoms with Gasteiger partial charge in [-0.05, 0) is 32.6 Å². The van der Waals surface area contributed by atoms with Gasteiger partial charge in [-0.15, -0.1) is 0 Å². The van der Waals surface area contributed by atoms with E-state index in [0.717, 1.165) is 0 Å². The lowest BCUT2D eigenvalue weighted by atomic mass is 10.2. The van der Waals surface area contributed by atoms with Crippen LogP contribution in [-0.4, -0.2) is 51.8 Å². The molecule has 0 aliphatic heterocycles. The lowest BCUT2D eigenvalue weighted by molar-refractivity contribution is -0.144. The number of carbonyl (C=O) groups excluding carboxylic acids is 4. The lowest BCUT2D eigenvalue weighted by Gasteiger charge is -2.00. The molecule has 0 atom stereocenters. The van der Waals surface area contributed by atoms with E-state index in [0.29, 0.717) is 58.0 Å². The van der Waals surface area contributed by atoms with Gasteiger partial charge in [-0.1, -0.05) is 0 Å². The zero-order valence-corrected chi connectivity index (χ0v) is 15.6. The van der Waals surface area contributed by atoms with Gasteiger partial charge in [0.2, 0.25) is 0 Å². The molecule has 0 aliphatic rings. The van der Waals surface area contributed by atoms with Crippen molar-refractivity contribution >= 4 is 23.9 Å². The molecule has 0 bridgehead atoms. The molecule has 8 nitrogen and oxygen atoms in total. The minimum Gasteiger partial charge on any atom is -0.469 e. The third-order valence-corrected chi connectivity index (χ3v) is 3.01. The quantitative estimate of drug-likeness (QED) is 0.313. The Balaban J connectivity index is 0. The highest BCUT2D eigenvalue weighted by Crippen LogP contribution is 2.02. The summed E-state index contributed by atoms with van der Waals surface area (Å²) < 4.78 is 18.0. The van der Waals surface area contributed by atoms with Gasteiger partial charge in [-0.25, -0.2) is 0 Å². The summed E-state index contributed by atoms with van der Waals surface area (Å²) in [6.45, 7) is 2.18. The number of esters is 4. The first-order valence-electron chi connectivity index (χ1n) is 8.27. The second kappa shape index (κ2) is 18.2. The highest BCUT2D eigenvalue weighted by molar-refractivity contribution is 5.71. The lowest BCUT2D eigenvalue weighted by Crippen LogP contribution is -2.04. The van der Waals surface area contributed by atoms with Gasteiger partial charge in [0, 0.05) is 25.7 Å². The number of hydrogen-bond donors (Lipinski definition) is 0. The molecule has 0 saturated carbocycles. The normalized spacial score (nSPS) is 9.28. The first kappa shape index (κ1) is 25.1. The standard InChI is InChI=1S/C9H16O4.C8H14O4/c1-3-13-9(11)7-5-4-6-8(10)12-2;1-11-7(9)5-3-4-6-8(10)12-2/h3-7H2,1-2H3;3-6H2,1-2H3. The highest BCUT2D eigenvalue weighted by atomic mass is 16.5. The van der Waals surface area contributed by atoms with E-state index in [1.807, 2.05) is 0 Å². The van der Waals surface area contributed by atoms with E-state index in [4.69, 9.17) is 4.74 Å². The van der Waals surface area contributed by atoms with Crippen LogP contribution in [0.15, 0.2) is 0 Å². The van der Waals surface area contributed by atoms with E-state index in [1.165, 1.54) is 21.3 Å². The Morgan fingerprint density at radius 2 is 0.840 bits per heavy atom. The second-order valence-electron chi connectivity index (χ2n) is 4.95. The van der Waals surface area contributed by atoms with E-state index in [-0.39, 0.29) is 23.9 Å². The van der Waals surface area contributed by atoms with Crippen molar-refractivity contribution in [3.63, 3.8) is 0 Å². The average Bonchev–Trinajstić information content (AvgIpc) is 2.62. The summed E-state index contributed by atoms with van der Waals surface area (Å²) in [5, 5.41) is 0. The Hall–Kier alpha value is -2.12. The van der Waals surface area contributed by atoms with Crippen molar-refractivity contribution in [1.29, 1.82) is 0 Å². The van der Waals surface area contributed by atoms with Crippen LogP contribution < -0.4 is 0 Å². The molecule has 25 heavy (non-hydrogen) atoms. The van der Waals surface area contributed by atoms with E-state index in [2.05, 4.69) is 14.2 Å². The van der Waals surface area contributed by atoms with Crippen molar-refractivity contribution in [2.24, 2.45) is 0 Å². The van der Waals surface area contributed by atoms with Gasteiger partial charge < -0.3 is 18.9 Å². The van der Waals surface area contributed by atoms with Gasteiger partial charge in [0.15, 0.2) is 0 Å². The maximum atomic E-state index is 10.8. The van der Waals surface area contributed by atoms with Gasteiger partial charge in [0.25, 0.3) is 0 Å². The first-order valence-corrected chi connectivity index (χ1v) is 8.27. The highest BCUT2D eigenvalue weighted by Gasteiger charge is 2.04. The third kappa shape index (κ3) is 19.8. The van der Waals surface area contributed by atoms with Crippen molar-refractivity contribution in [2.45, 2.75) is 58.3 Å². The van der Waals surface area contributed by atoms with E-state index < -0.39 is 0 Å². The molecule has 0 aromatic carbocycles. The zero-order valence-electron chi connectivity index (χ0n) is 15.6. The molecule has 0 spiro atoms. The van der Waals surface area contributed by atoms with Crippen LogP contribution in [0.4, 0.5) is 0 Å². The Morgan fingerprint density at radius 3 is 1.08 bits per heavy atom. The Labute approximate surface area is 149 Å². The van der Waals surface area contributed by atoms with Crippen LogP contribution in [0, 0.1) is 0 Å². The average molecular weight is 362 g/mol. The van der Waals surface area contributed by atoms with Crippen LogP contribution in [0.3, 0.4) is 0 Å². The van der Waals surface area contributed by atoms with Crippen LogP contribution in [0.2, 0.25) is 0 Å². The van der Waals surface area contributed by atoms with Crippen LogP contribution >= 0.6 is 0 Å². The van der Waals surface area contributed by atoms with Crippen LogP contribution in [-0.2, 0) is 38.1 Å². The summed E-state index contributed by atoms with van der Waals surface area (Å²) in [4.78, 5) is 42.6. The molecule has 0 rings (SSSR count). The minimum absolute atomic E-state index is 0.202. The monoisotopic (exact) mass is 362 g/mol. The fraction of sp³-hybridized carbons (Fsp3) is 0.765. The van der Waals surface area contributed by atoms with Crippen LogP contribution in [0.25, 0.3) is 0 Å². The van der Waals surface area contributed by atoms with E-state index in [1.54, 1.807) is 6.92 Å². The third-order valence-electron chi connectivity index (χ3n) is 3.01. The maximum absolute atomic E-state index is 10.8. The summed E-state index contributed by atoms with van der Waals surface area (Å²) in [7, 11) is 4.05. The topological polar surface area (TPSA) is 105 Å². The van der Waals surface area contributed by atoms with Gasteiger partial charge >= 0.3 is 23.9 Å². The molecule has 0 unspecified atom stereocenters. The summed E-state index contributed by atoms with van der Waals surface area (Å²) in [6.07, 6.45) is 4.17. The molecule has 0 aliphatic carbocycles. The maximum Gasteiger partial charge on any atom is 0.305 e. The predicted octanol–water partition coefficient (Wildman–Crippen LogP) is 2.18. The fourth-order valence-corrected chi connectivity index (χ4v) is 1.62. The smallest absolute Gasteiger partial charge is 0.305 e. The Morgan fingerprint density at radius 1 is 0.560 bits per heavy atom. The molecule has 8 heteroatoms. The van der Waals surface area contributed by atoms with Gasteiger partial charge in [0.1, 0.15) is 0 Å². The summed E-state index contributed by atoms with van der Waals surface area (Å²) in [5.74, 6) is -0.907. The minimum atomic E-state index is -0.236. The van der Waals surface area contributed by atoms with E-state index in [9.17, 15) is 19.2 Å². The Bertz CT molecular complexity index is 374. The van der Waals surface area contributed by atoms with Crippen molar-refractivity contribution in [1.82, 2.24) is 0 Å². The van der Waals surface area contributed by atoms with Crippen LogP contribution in [0.1, 0.15) is 58.3 Å². The van der Waals surface area contributed by atoms with Gasteiger partial charge in [-0.3, -0.25) is 19.2 Å². The largest absolute Gasteiger partial charge is 0.469 e. The molecular formula is C17H30O8. The van der Waals surface area contributed by atoms with Crippen molar-refractivity contribution < 1.29 is 38.1 Å². The van der Waals surface area contributed by atoms with Crippen molar-refractivity contribution in [3.8, 4) is 0 Å². The molecule has 0 amide bonds. The fourth-order valence-electron chi connectivity index (χ4n) is 1.62. The summed E-state index contributed by atoms with van der Waals surface area (Å²) >= 11 is 0. The number of hydrogen-bond acceptors (Lipinski definition) is 8. The molecular weight excluding hydrogens is 332 g/mol. The number of methoxy groups -OCH3 is 3. The number of ether oxygens (including phenoxy) is 4. The molecule has 146 valence electrons. The molecule has 0 aromatic rings. The van der Waals surface area contributed by atoms with Gasteiger partial charge in [-0.2, -0.15) is 0 Å². The van der Waals surface area contributed by atoms with Crippen LogP contribution in [0.5, 0.6) is 0 Å². The SMILES string of the molecule is CCOC(=O)CCCCC(=O)OC.COC(=O)CCCCC(=O)OC.